The lowest BCUT2D eigenvalue weighted by Crippen LogP contribution is -2.39. The number of H-pyrrole nitrogens is 5. The molecule has 25 nitrogen and oxygen atoms in total. The van der Waals surface area contributed by atoms with E-state index in [1.807, 2.05) is 271 Å². The summed E-state index contributed by atoms with van der Waals surface area (Å²) in [6.07, 6.45) is 10.9. The number of nitrogens with one attached hydrogen (secondary N) is 6. The zero-order valence-corrected chi connectivity index (χ0v) is 78.7. The Morgan fingerprint density at radius 3 is 1.37 bits per heavy atom. The highest BCUT2D eigenvalue weighted by Crippen LogP contribution is 2.40. The normalized spacial score (nSPS) is 12.7. The molecule has 0 aliphatic carbocycles. The number of rotatable bonds is 32. The van der Waals surface area contributed by atoms with Gasteiger partial charge in [0.15, 0.2) is 0 Å². The molecule has 0 spiro atoms. The Labute approximate surface area is 783 Å². The summed E-state index contributed by atoms with van der Waals surface area (Å²) in [6.45, 7) is 18.2. The highest BCUT2D eigenvalue weighted by molar-refractivity contribution is 9.10. The van der Waals surface area contributed by atoms with Crippen LogP contribution in [0.4, 0.5) is 10.5 Å². The summed E-state index contributed by atoms with van der Waals surface area (Å²) in [4.78, 5) is 39.1. The standard InChI is InChI=1S/C23H29N3O4.C22H19N3O3.C22H28N2O3.C21H25BrN2O2.C17H17ClN2O/c1-23(2,3)30-22(27)25-14-21(26(28)15-16-8-6-5-7-9-16)19-13-24-20-12-17(29-4)10-11-18(19)20;26-24(15-16-6-2-1-3-7-16)22(17-10-12-18(13-11-17)25(27)28)20-14-23-21-9-5-4-8-19(20)21;1-15(2)11-21(19-13-23-20-8-6-5-7-18(19)20)24(25)14-16-9-10-17(26-3)12-22(16)27-4;1-14(2)10-21(19-12-23-20-9-6-16(22)11-18(19)20)24(25)13-15-4-7-17(26-3)8-5-15;1-12(20(21)11-13-5-3-2-4-6-13)16-10-19-17-8-7-14(18)9-15(16)17/h5-13,21,24,28H,14-15H2,1-4H3,(H,25,27);1-14,22-23,26H,15H2;5-10,12-13,15,21,23,25H,11,14H2,1-4H3;4-9,11-12,14,21,23,25H,10,13H2,1-3H3;2-10,12,19,21H,11H2,1H3. The third-order valence-electron chi connectivity index (χ3n) is 22.7. The van der Waals surface area contributed by atoms with Gasteiger partial charge in [0, 0.05) is 163 Å². The molecular weight excluding hydrogens is 1750 g/mol. The van der Waals surface area contributed by atoms with E-state index in [0.717, 1.165) is 150 Å². The number of hydrogen-bond acceptors (Lipinski definition) is 18. The highest BCUT2D eigenvalue weighted by Gasteiger charge is 2.31. The second kappa shape index (κ2) is 46.9. The van der Waals surface area contributed by atoms with Crippen molar-refractivity contribution in [1.82, 2.24) is 55.6 Å². The van der Waals surface area contributed by atoms with Gasteiger partial charge in [0.2, 0.25) is 0 Å². The molecule has 0 aliphatic rings. The maximum Gasteiger partial charge on any atom is 0.407 e. The molecule has 0 saturated carbocycles. The maximum absolute atomic E-state index is 12.2. The molecule has 132 heavy (non-hydrogen) atoms. The van der Waals surface area contributed by atoms with Gasteiger partial charge >= 0.3 is 6.09 Å². The van der Waals surface area contributed by atoms with Gasteiger partial charge in [0.05, 0.1) is 70.1 Å². The molecule has 0 fully saturated rings. The molecule has 0 bridgehead atoms. The highest BCUT2D eigenvalue weighted by atomic mass is 79.9. The Bertz CT molecular complexity index is 6330. The number of aromatic nitrogens is 5. The third kappa shape index (κ3) is 26.6. The summed E-state index contributed by atoms with van der Waals surface area (Å²) in [5.41, 5.74) is 15.2. The molecule has 690 valence electrons. The first kappa shape index (κ1) is 98.4. The van der Waals surface area contributed by atoms with E-state index in [4.69, 9.17) is 35.3 Å². The lowest BCUT2D eigenvalue weighted by atomic mass is 9.96. The van der Waals surface area contributed by atoms with Gasteiger partial charge in [-0.3, -0.25) is 10.1 Å². The Balaban J connectivity index is 0.000000150. The summed E-state index contributed by atoms with van der Waals surface area (Å²) in [5.74, 6) is 3.90. The fourth-order valence-corrected chi connectivity index (χ4v) is 16.6. The summed E-state index contributed by atoms with van der Waals surface area (Å²) in [7, 11) is 6.53. The van der Waals surface area contributed by atoms with E-state index in [1.54, 1.807) is 40.6 Å². The number of hydrogen-bond donors (Lipinski definition) is 11. The average Bonchev–Trinajstić information content (AvgIpc) is 1.13. The van der Waals surface area contributed by atoms with E-state index in [2.05, 4.69) is 98.1 Å². The number of hydroxylamine groups is 10. The van der Waals surface area contributed by atoms with Crippen molar-refractivity contribution in [2.45, 2.75) is 137 Å². The number of ether oxygens (including phenoxy) is 5. The van der Waals surface area contributed by atoms with Crippen LogP contribution in [0.25, 0.3) is 54.5 Å². The number of carbonyl (C=O) groups is 1. The van der Waals surface area contributed by atoms with Crippen molar-refractivity contribution in [3.05, 3.63) is 373 Å². The van der Waals surface area contributed by atoms with Crippen LogP contribution < -0.4 is 24.3 Å². The quantitative estimate of drug-likeness (QED) is 0.0138. The molecule has 0 radical (unpaired) electrons. The number of nitrogens with zero attached hydrogens (tertiary/aromatic N) is 6. The minimum Gasteiger partial charge on any atom is -0.497 e. The minimum absolute atomic E-state index is 0.0222. The van der Waals surface area contributed by atoms with Crippen LogP contribution in [-0.2, 0) is 37.5 Å². The van der Waals surface area contributed by atoms with E-state index in [9.17, 15) is 40.9 Å². The molecule has 16 aromatic rings. The topological polar surface area (TPSA) is 315 Å². The van der Waals surface area contributed by atoms with E-state index >= 15 is 0 Å². The van der Waals surface area contributed by atoms with E-state index in [0.29, 0.717) is 55.3 Å². The molecule has 5 aromatic heterocycles. The van der Waals surface area contributed by atoms with Crippen molar-refractivity contribution in [2.24, 2.45) is 11.8 Å². The second-order valence-electron chi connectivity index (χ2n) is 34.2. The van der Waals surface area contributed by atoms with Gasteiger partial charge in [0.25, 0.3) is 5.69 Å². The van der Waals surface area contributed by atoms with Crippen molar-refractivity contribution < 1.29 is 59.4 Å². The number of carbonyl (C=O) groups excluding carboxylic acids is 1. The van der Waals surface area contributed by atoms with Crippen LogP contribution in [0, 0.1) is 22.0 Å². The monoisotopic (exact) mass is 1870 g/mol. The number of fused-ring (bicyclic) bond motifs is 5. The summed E-state index contributed by atoms with van der Waals surface area (Å²) in [6, 6.07) is 81.5. The number of para-hydroxylation sites is 2. The Kier molecular flexibility index (Phi) is 35.0. The van der Waals surface area contributed by atoms with Gasteiger partial charge < -0.3 is 80.0 Å². The number of amides is 1. The first-order chi connectivity index (χ1) is 63.5. The van der Waals surface area contributed by atoms with Gasteiger partial charge in [-0.2, -0.15) is 25.3 Å². The molecule has 5 heterocycles. The first-order valence-electron chi connectivity index (χ1n) is 43.8. The Hall–Kier alpha value is -12.6. The van der Waals surface area contributed by atoms with Crippen molar-refractivity contribution >= 4 is 93.8 Å². The largest absolute Gasteiger partial charge is 0.497 e. The summed E-state index contributed by atoms with van der Waals surface area (Å²) < 4.78 is 27.6. The van der Waals surface area contributed by atoms with Gasteiger partial charge in [0.1, 0.15) is 28.6 Å². The van der Waals surface area contributed by atoms with Crippen molar-refractivity contribution in [3.63, 3.8) is 0 Å². The fourth-order valence-electron chi connectivity index (χ4n) is 16.0. The van der Waals surface area contributed by atoms with Crippen LogP contribution >= 0.6 is 27.5 Å². The van der Waals surface area contributed by atoms with Crippen LogP contribution in [-0.4, -0.2) is 128 Å². The lowest BCUT2D eigenvalue weighted by Gasteiger charge is -2.28. The van der Waals surface area contributed by atoms with Crippen LogP contribution in [0.3, 0.4) is 0 Å². The first-order valence-corrected chi connectivity index (χ1v) is 45.0. The predicted molar refractivity (Wildman–Crippen MR) is 524 cm³/mol. The zero-order valence-electron chi connectivity index (χ0n) is 76.4. The molecule has 0 aliphatic heterocycles. The van der Waals surface area contributed by atoms with Gasteiger partial charge in [-0.15, -0.1) is 0 Å². The zero-order chi connectivity index (χ0) is 94.1. The molecule has 11 N–H and O–H groups in total. The molecule has 11 aromatic carbocycles. The third-order valence-corrected chi connectivity index (χ3v) is 23.4. The SMILES string of the molecule is CC(c1c[nH]c2ccc(Cl)cc12)N(O)Cc1ccccc1.COc1ccc(CN(O)C(CC(C)C)c2c[nH]c3ccc(Br)cc23)cc1.COc1ccc(CN(O)C(CC(C)C)c2c[nH]c3ccccc23)c(OC)c1.COc1ccc2c(C(CNC(=O)OC(C)(C)C)N(O)Cc3ccccc3)c[nH]c2c1.O=[N+]([O-])c1ccc(C(c2c[nH]c3ccccc23)N(O)Cc2ccccc2)cc1. The maximum atomic E-state index is 12.2. The van der Waals surface area contributed by atoms with Gasteiger partial charge in [-0.05, 0) is 181 Å². The van der Waals surface area contributed by atoms with Crippen molar-refractivity contribution in [2.75, 3.05) is 35.0 Å². The number of aromatic amines is 5. The van der Waals surface area contributed by atoms with E-state index in [1.165, 1.54) is 37.4 Å². The summed E-state index contributed by atoms with van der Waals surface area (Å²) >= 11 is 9.63. The van der Waals surface area contributed by atoms with E-state index in [-0.39, 0.29) is 30.4 Å². The predicted octanol–water partition coefficient (Wildman–Crippen LogP) is 25.5. The van der Waals surface area contributed by atoms with Crippen LogP contribution in [0.2, 0.25) is 5.02 Å². The average molecular weight is 1870 g/mol. The van der Waals surface area contributed by atoms with Crippen LogP contribution in [0.1, 0.15) is 160 Å². The Morgan fingerprint density at radius 2 is 0.841 bits per heavy atom. The van der Waals surface area contributed by atoms with Gasteiger partial charge in [-0.1, -0.05) is 213 Å². The number of non-ortho nitro benzene ring substituents is 1. The molecule has 27 heteroatoms. The smallest absolute Gasteiger partial charge is 0.407 e. The lowest BCUT2D eigenvalue weighted by molar-refractivity contribution is -0.384. The fraction of sp³-hybridized carbons (Fsp3) is 0.267. The number of benzene rings is 11. The molecule has 5 unspecified atom stereocenters. The Morgan fingerprint density at radius 1 is 0.424 bits per heavy atom. The van der Waals surface area contributed by atoms with Crippen molar-refractivity contribution in [3.8, 4) is 23.0 Å². The van der Waals surface area contributed by atoms with Crippen LogP contribution in [0.5, 0.6) is 23.0 Å². The molecule has 0 saturated heterocycles. The van der Waals surface area contributed by atoms with E-state index < -0.39 is 28.7 Å². The molecule has 5 atom stereocenters. The van der Waals surface area contributed by atoms with Gasteiger partial charge in [-0.25, -0.2) is 4.79 Å². The number of methoxy groups -OCH3 is 4. The number of alkyl carbamates (subject to hydrolysis) is 1. The van der Waals surface area contributed by atoms with Crippen molar-refractivity contribution in [1.29, 1.82) is 0 Å². The minimum atomic E-state index is -0.597. The number of nitro groups is 1. The molecule has 1 amide bonds. The van der Waals surface area contributed by atoms with Crippen LogP contribution in [0.15, 0.2) is 296 Å². The summed E-state index contributed by atoms with van der Waals surface area (Å²) in [5, 5.41) is 80.7. The molecular formula is C105H118BrClN12O13. The number of nitro benzene ring substituents is 1. The second-order valence-corrected chi connectivity index (χ2v) is 35.5. The number of halogens is 2. The molecule has 16 rings (SSSR count).